The molecule has 0 spiro atoms. The first-order chi connectivity index (χ1) is 14.7. The number of rotatable bonds is 4. The van der Waals surface area contributed by atoms with E-state index < -0.39 is 34.9 Å². The third kappa shape index (κ3) is 3.05. The zero-order valence-corrected chi connectivity index (χ0v) is 17.3. The van der Waals surface area contributed by atoms with Crippen LogP contribution < -0.4 is 11.5 Å². The van der Waals surface area contributed by atoms with Gasteiger partial charge in [0.25, 0.3) is 5.91 Å². The Labute approximate surface area is 179 Å². The molecule has 0 fully saturated rings. The molecule has 8 nitrogen and oxygen atoms in total. The molecule has 1 amide bonds. The molecule has 1 aromatic carbocycles. The molecule has 164 valence electrons. The van der Waals surface area contributed by atoms with Gasteiger partial charge in [0.05, 0.1) is 11.5 Å². The highest BCUT2D eigenvalue weighted by atomic mass is 16.3. The van der Waals surface area contributed by atoms with Crippen LogP contribution >= 0.6 is 0 Å². The Hall–Kier alpha value is -3.13. The number of aliphatic hydroxyl groups is 2. The number of allylic oxidation sites excluding steroid dienone is 3. The highest BCUT2D eigenvalue weighted by Crippen LogP contribution is 2.50. The van der Waals surface area contributed by atoms with Gasteiger partial charge in [0.1, 0.15) is 22.8 Å². The second kappa shape index (κ2) is 7.53. The number of nitrogens with two attached hydrogens (primary N) is 2. The van der Waals surface area contributed by atoms with Crippen molar-refractivity contribution in [3.63, 3.8) is 0 Å². The van der Waals surface area contributed by atoms with Crippen LogP contribution in [0.25, 0.3) is 0 Å². The van der Waals surface area contributed by atoms with Gasteiger partial charge in [0, 0.05) is 24.1 Å². The van der Waals surface area contributed by atoms with Crippen LogP contribution in [0, 0.1) is 17.8 Å². The van der Waals surface area contributed by atoms with Crippen molar-refractivity contribution in [1.29, 1.82) is 0 Å². The Balaban J connectivity index is 1.87. The molecule has 0 bridgehead atoms. The number of aryl methyl sites for hydroxylation is 1. The maximum Gasteiger partial charge on any atom is 0.255 e. The van der Waals surface area contributed by atoms with Crippen LogP contribution in [0.1, 0.15) is 53.2 Å². The number of carbonyl (C=O) groups is 3. The molecule has 0 saturated carbocycles. The molecule has 31 heavy (non-hydrogen) atoms. The van der Waals surface area contributed by atoms with Gasteiger partial charge in [0.2, 0.25) is 0 Å². The summed E-state index contributed by atoms with van der Waals surface area (Å²) in [5.74, 6) is -5.18. The lowest BCUT2D eigenvalue weighted by atomic mass is 9.62. The van der Waals surface area contributed by atoms with Gasteiger partial charge in [-0.2, -0.15) is 0 Å². The molecule has 0 aliphatic heterocycles. The summed E-state index contributed by atoms with van der Waals surface area (Å²) in [5.41, 5.74) is 12.9. The minimum atomic E-state index is -1.11. The SMILES string of the molecule is CCCc1cc(CN)c(O)c2c1C[C@H]1C[C@H]3CC(O)=C(C(N)=O)C(=O)C3C(O)=C1C2=O. The largest absolute Gasteiger partial charge is 0.511 e. The van der Waals surface area contributed by atoms with Crippen LogP contribution in [0.4, 0.5) is 0 Å². The van der Waals surface area contributed by atoms with E-state index in [4.69, 9.17) is 11.5 Å². The number of amides is 1. The van der Waals surface area contributed by atoms with E-state index in [0.717, 1.165) is 24.0 Å². The smallest absolute Gasteiger partial charge is 0.255 e. The molecule has 0 heterocycles. The van der Waals surface area contributed by atoms with Crippen LogP contribution in [-0.2, 0) is 29.0 Å². The van der Waals surface area contributed by atoms with E-state index in [-0.39, 0.29) is 47.3 Å². The third-order valence-electron chi connectivity index (χ3n) is 6.80. The minimum Gasteiger partial charge on any atom is -0.511 e. The van der Waals surface area contributed by atoms with E-state index in [2.05, 4.69) is 0 Å². The van der Waals surface area contributed by atoms with Crippen molar-refractivity contribution in [2.75, 3.05) is 0 Å². The lowest BCUT2D eigenvalue weighted by Gasteiger charge is -2.41. The molecule has 3 aliphatic rings. The summed E-state index contributed by atoms with van der Waals surface area (Å²) in [6.45, 7) is 2.08. The van der Waals surface area contributed by atoms with Gasteiger partial charge in [-0.1, -0.05) is 19.4 Å². The fourth-order valence-electron chi connectivity index (χ4n) is 5.49. The third-order valence-corrected chi connectivity index (χ3v) is 6.80. The molecular weight excluding hydrogens is 400 g/mol. The molecule has 1 unspecified atom stereocenters. The molecule has 1 aromatic rings. The van der Waals surface area contributed by atoms with Gasteiger partial charge in [0.15, 0.2) is 11.6 Å². The lowest BCUT2D eigenvalue weighted by molar-refractivity contribution is -0.126. The molecule has 7 N–H and O–H groups in total. The van der Waals surface area contributed by atoms with Gasteiger partial charge >= 0.3 is 0 Å². The molecule has 0 radical (unpaired) electrons. The maximum absolute atomic E-state index is 13.5. The van der Waals surface area contributed by atoms with Crippen molar-refractivity contribution >= 4 is 17.5 Å². The first-order valence-corrected chi connectivity index (χ1v) is 10.5. The topological polar surface area (TPSA) is 164 Å². The number of ketones is 2. The number of carbonyl (C=O) groups excluding carboxylic acids is 3. The summed E-state index contributed by atoms with van der Waals surface area (Å²) < 4.78 is 0. The van der Waals surface area contributed by atoms with Crippen LogP contribution in [0.2, 0.25) is 0 Å². The molecule has 8 heteroatoms. The molecule has 0 aromatic heterocycles. The van der Waals surface area contributed by atoms with E-state index in [9.17, 15) is 29.7 Å². The van der Waals surface area contributed by atoms with Crippen molar-refractivity contribution in [3.8, 4) is 5.75 Å². The van der Waals surface area contributed by atoms with E-state index in [1.807, 2.05) is 13.0 Å². The average Bonchev–Trinajstić information content (AvgIpc) is 2.69. The Kier molecular flexibility index (Phi) is 5.13. The van der Waals surface area contributed by atoms with Gasteiger partial charge in [-0.25, -0.2) is 0 Å². The maximum atomic E-state index is 13.5. The van der Waals surface area contributed by atoms with Crippen LogP contribution in [0.15, 0.2) is 28.7 Å². The summed E-state index contributed by atoms with van der Waals surface area (Å²) in [6, 6.07) is 1.84. The van der Waals surface area contributed by atoms with Crippen LogP contribution in [0.5, 0.6) is 5.75 Å². The molecular formula is C23H26N2O6. The highest BCUT2D eigenvalue weighted by molar-refractivity contribution is 6.22. The second-order valence-electron chi connectivity index (χ2n) is 8.61. The Morgan fingerprint density at radius 3 is 2.48 bits per heavy atom. The fourth-order valence-corrected chi connectivity index (χ4v) is 5.49. The number of aromatic hydroxyl groups is 1. The number of aliphatic hydroxyl groups excluding tert-OH is 2. The number of hydrogen-bond donors (Lipinski definition) is 5. The van der Waals surface area contributed by atoms with Gasteiger partial charge in [-0.3, -0.25) is 14.4 Å². The monoisotopic (exact) mass is 426 g/mol. The quantitative estimate of drug-likeness (QED) is 0.459. The van der Waals surface area contributed by atoms with Gasteiger partial charge in [-0.15, -0.1) is 0 Å². The first kappa shape index (κ1) is 21.1. The standard InChI is InChI=1S/C23H26N2O6/c1-2-3-9-4-12(8-24)19(27)17-13(9)6-10-5-11-7-14(26)18(23(25)31)22(30)16(11)20(28)15(10)21(17)29/h4,10-11,16,26-28H,2-3,5-8,24H2,1H3,(H2,25,31)/t10-,11+,16?/m1/s1. The van der Waals surface area contributed by atoms with Crippen molar-refractivity contribution in [1.82, 2.24) is 0 Å². The molecule has 3 atom stereocenters. The number of primary amides is 1. The van der Waals surface area contributed by atoms with Crippen LogP contribution in [0.3, 0.4) is 0 Å². The van der Waals surface area contributed by atoms with E-state index in [1.165, 1.54) is 0 Å². The number of fused-ring (bicyclic) bond motifs is 3. The number of phenolic OH excluding ortho intramolecular Hbond substituents is 1. The van der Waals surface area contributed by atoms with Crippen molar-refractivity contribution in [2.45, 2.75) is 45.6 Å². The number of benzene rings is 1. The number of phenols is 1. The van der Waals surface area contributed by atoms with Crippen molar-refractivity contribution in [3.05, 3.63) is 51.0 Å². The Morgan fingerprint density at radius 2 is 1.87 bits per heavy atom. The van der Waals surface area contributed by atoms with Gasteiger partial charge in [-0.05, 0) is 42.2 Å². The second-order valence-corrected chi connectivity index (χ2v) is 8.61. The molecule has 3 aliphatic carbocycles. The van der Waals surface area contributed by atoms with Crippen molar-refractivity contribution in [2.24, 2.45) is 29.2 Å². The summed E-state index contributed by atoms with van der Waals surface area (Å²) in [5, 5.41) is 31.9. The molecule has 0 saturated heterocycles. The first-order valence-electron chi connectivity index (χ1n) is 10.5. The number of Topliss-reactive ketones (excluding diaryl/α,β-unsaturated/α-hetero) is 2. The zero-order chi connectivity index (χ0) is 22.6. The summed E-state index contributed by atoms with van der Waals surface area (Å²) in [6.07, 6.45) is 2.42. The lowest BCUT2D eigenvalue weighted by Crippen LogP contribution is -2.43. The predicted molar refractivity (Wildman–Crippen MR) is 111 cm³/mol. The molecule has 4 rings (SSSR count). The van der Waals surface area contributed by atoms with E-state index in [0.29, 0.717) is 18.4 Å². The predicted octanol–water partition coefficient (Wildman–Crippen LogP) is 1.88. The normalized spacial score (nSPS) is 25.3. The van der Waals surface area contributed by atoms with Crippen LogP contribution in [-0.4, -0.2) is 32.8 Å². The average molecular weight is 426 g/mol. The summed E-state index contributed by atoms with van der Waals surface area (Å²) >= 11 is 0. The van der Waals surface area contributed by atoms with E-state index >= 15 is 0 Å². The summed E-state index contributed by atoms with van der Waals surface area (Å²) in [4.78, 5) is 38.0. The Morgan fingerprint density at radius 1 is 1.16 bits per heavy atom. The fraction of sp³-hybridized carbons (Fsp3) is 0.435. The Bertz CT molecular complexity index is 1080. The summed E-state index contributed by atoms with van der Waals surface area (Å²) in [7, 11) is 0. The van der Waals surface area contributed by atoms with Crippen molar-refractivity contribution < 1.29 is 29.7 Å². The highest BCUT2D eigenvalue weighted by Gasteiger charge is 2.50. The minimum absolute atomic E-state index is 0.0305. The zero-order valence-electron chi connectivity index (χ0n) is 17.3. The van der Waals surface area contributed by atoms with E-state index in [1.54, 1.807) is 0 Å². The number of hydrogen-bond acceptors (Lipinski definition) is 7. The van der Waals surface area contributed by atoms with Gasteiger partial charge < -0.3 is 26.8 Å².